The van der Waals surface area contributed by atoms with Gasteiger partial charge in [0.05, 0.1) is 16.6 Å². The first-order chi connectivity index (χ1) is 29.6. The highest BCUT2D eigenvalue weighted by Gasteiger charge is 2.20. The van der Waals surface area contributed by atoms with E-state index in [9.17, 15) is 0 Å². The molecule has 2 aromatic heterocycles. The summed E-state index contributed by atoms with van der Waals surface area (Å²) in [5.74, 6) is 0. The number of allylic oxidation sites excluding steroid dienone is 2. The lowest BCUT2D eigenvalue weighted by atomic mass is 9.82. The molecule has 0 fully saturated rings. The van der Waals surface area contributed by atoms with Crippen molar-refractivity contribution in [1.29, 1.82) is 0 Å². The third-order valence-electron chi connectivity index (χ3n) is 12.2. The van der Waals surface area contributed by atoms with Crippen LogP contribution in [0, 0.1) is 6.92 Å². The van der Waals surface area contributed by atoms with Crippen LogP contribution in [0.15, 0.2) is 213 Å². The molecule has 2 nitrogen and oxygen atoms in total. The van der Waals surface area contributed by atoms with E-state index in [0.717, 1.165) is 27.6 Å². The Hall–Kier alpha value is -7.81. The van der Waals surface area contributed by atoms with E-state index < -0.39 is 0 Å². The molecule has 0 radical (unpaired) electrons. The van der Waals surface area contributed by atoms with E-state index in [2.05, 4.69) is 224 Å². The van der Waals surface area contributed by atoms with Crippen LogP contribution in [0.2, 0.25) is 0 Å². The normalized spacial score (nSPS) is 11.8. The van der Waals surface area contributed by atoms with Crippen LogP contribution in [0.3, 0.4) is 0 Å². The summed E-state index contributed by atoms with van der Waals surface area (Å²) >= 11 is 0. The second-order valence-electron chi connectivity index (χ2n) is 15.6. The van der Waals surface area contributed by atoms with Gasteiger partial charge < -0.3 is 0 Å². The van der Waals surface area contributed by atoms with Gasteiger partial charge in [-0.2, -0.15) is 0 Å². The Morgan fingerprint density at radius 3 is 1.57 bits per heavy atom. The molecule has 0 atom stereocenters. The summed E-state index contributed by atoms with van der Waals surface area (Å²) in [6.45, 7) is 6.33. The van der Waals surface area contributed by atoms with Gasteiger partial charge in [0, 0.05) is 10.8 Å². The molecule has 282 valence electrons. The molecule has 0 aliphatic carbocycles. The first kappa shape index (κ1) is 35.4. The van der Waals surface area contributed by atoms with Crippen molar-refractivity contribution >= 4 is 55.2 Å². The van der Waals surface area contributed by atoms with Crippen molar-refractivity contribution in [2.45, 2.75) is 6.92 Å². The molecule has 0 unspecified atom stereocenters. The number of para-hydroxylation sites is 3. The third-order valence-corrected chi connectivity index (χ3v) is 12.2. The fraction of sp³-hybridized carbons (Fsp3) is 0.0172. The first-order valence-electron chi connectivity index (χ1n) is 20.6. The van der Waals surface area contributed by atoms with E-state index in [1.807, 2.05) is 6.08 Å². The maximum atomic E-state index is 5.16. The van der Waals surface area contributed by atoms with Gasteiger partial charge in [-0.15, -0.1) is 0 Å². The van der Waals surface area contributed by atoms with E-state index in [1.54, 1.807) is 0 Å². The van der Waals surface area contributed by atoms with Gasteiger partial charge >= 0.3 is 0 Å². The summed E-state index contributed by atoms with van der Waals surface area (Å²) in [6.07, 6.45) is 6.16. The Bertz CT molecular complexity index is 3460. The SMILES string of the molecule is C=C/C=C\c1c(C)c(-c2ccc(-c3ccccc3)cc2)c2cc(-c3ccc4c(c3)c3ccccc3n3c5ccccc5nc43)ccc2c1-c1ccc(-c2ccccc2)cc1. The summed E-state index contributed by atoms with van der Waals surface area (Å²) in [5.41, 5.74) is 18.7. The van der Waals surface area contributed by atoms with Crippen molar-refractivity contribution in [1.82, 2.24) is 9.38 Å². The molecule has 0 saturated heterocycles. The Morgan fingerprint density at radius 2 is 0.917 bits per heavy atom. The van der Waals surface area contributed by atoms with Crippen LogP contribution in [-0.4, -0.2) is 9.38 Å². The van der Waals surface area contributed by atoms with Crippen LogP contribution < -0.4 is 0 Å². The smallest absolute Gasteiger partial charge is 0.146 e. The lowest BCUT2D eigenvalue weighted by Crippen LogP contribution is -1.97. The fourth-order valence-electron chi connectivity index (χ4n) is 9.28. The van der Waals surface area contributed by atoms with Crippen molar-refractivity contribution in [3.63, 3.8) is 0 Å². The minimum absolute atomic E-state index is 0.981. The van der Waals surface area contributed by atoms with Crippen LogP contribution in [0.5, 0.6) is 0 Å². The summed E-state index contributed by atoms with van der Waals surface area (Å²) in [5, 5.41) is 5.98. The molecule has 0 amide bonds. The topological polar surface area (TPSA) is 17.3 Å². The van der Waals surface area contributed by atoms with Crippen molar-refractivity contribution < 1.29 is 0 Å². The van der Waals surface area contributed by atoms with Crippen molar-refractivity contribution in [3.8, 4) is 55.6 Å². The molecule has 0 saturated carbocycles. The van der Waals surface area contributed by atoms with Crippen molar-refractivity contribution in [2.75, 3.05) is 0 Å². The highest BCUT2D eigenvalue weighted by molar-refractivity contribution is 6.16. The highest BCUT2D eigenvalue weighted by atomic mass is 15.0. The van der Waals surface area contributed by atoms with Gasteiger partial charge in [0.25, 0.3) is 0 Å². The summed E-state index contributed by atoms with van der Waals surface area (Å²) in [6, 6.07) is 70.4. The molecule has 2 heteroatoms. The lowest BCUT2D eigenvalue weighted by Gasteiger charge is -2.21. The van der Waals surface area contributed by atoms with Gasteiger partial charge in [-0.25, -0.2) is 4.98 Å². The molecule has 11 aromatic rings. The minimum Gasteiger partial charge on any atom is -0.292 e. The Balaban J connectivity index is 1.15. The summed E-state index contributed by atoms with van der Waals surface area (Å²) in [7, 11) is 0. The van der Waals surface area contributed by atoms with Crippen LogP contribution in [0.25, 0.3) is 111 Å². The number of rotatable bonds is 7. The molecular formula is C58H40N2. The molecule has 11 rings (SSSR count). The number of pyridine rings is 1. The van der Waals surface area contributed by atoms with E-state index in [1.165, 1.54) is 88.3 Å². The van der Waals surface area contributed by atoms with E-state index in [0.29, 0.717) is 0 Å². The first-order valence-corrected chi connectivity index (χ1v) is 20.6. The maximum Gasteiger partial charge on any atom is 0.146 e. The van der Waals surface area contributed by atoms with Gasteiger partial charge in [0.15, 0.2) is 0 Å². The average Bonchev–Trinajstić information content (AvgIpc) is 3.71. The van der Waals surface area contributed by atoms with Crippen LogP contribution >= 0.6 is 0 Å². The number of hydrogen-bond acceptors (Lipinski definition) is 1. The van der Waals surface area contributed by atoms with Crippen molar-refractivity contribution in [2.24, 2.45) is 0 Å². The Morgan fingerprint density at radius 1 is 0.417 bits per heavy atom. The number of fused-ring (bicyclic) bond motifs is 9. The Kier molecular flexibility index (Phi) is 8.57. The van der Waals surface area contributed by atoms with E-state index in [4.69, 9.17) is 4.98 Å². The fourth-order valence-corrected chi connectivity index (χ4v) is 9.28. The minimum atomic E-state index is 0.981. The molecule has 60 heavy (non-hydrogen) atoms. The molecule has 0 bridgehead atoms. The monoisotopic (exact) mass is 764 g/mol. The lowest BCUT2D eigenvalue weighted by molar-refractivity contribution is 1.31. The average molecular weight is 765 g/mol. The number of hydrogen-bond donors (Lipinski definition) is 0. The quantitative estimate of drug-likeness (QED) is 0.117. The van der Waals surface area contributed by atoms with Gasteiger partial charge in [0.2, 0.25) is 0 Å². The van der Waals surface area contributed by atoms with Crippen LogP contribution in [0.4, 0.5) is 0 Å². The zero-order valence-corrected chi connectivity index (χ0v) is 33.3. The molecule has 0 spiro atoms. The van der Waals surface area contributed by atoms with Gasteiger partial charge in [0.1, 0.15) is 5.65 Å². The second kappa shape index (κ2) is 14.5. The number of nitrogens with zero attached hydrogens (tertiary/aromatic N) is 2. The molecule has 9 aromatic carbocycles. The molecule has 0 aliphatic heterocycles. The van der Waals surface area contributed by atoms with E-state index in [-0.39, 0.29) is 0 Å². The highest BCUT2D eigenvalue weighted by Crippen LogP contribution is 2.45. The third kappa shape index (κ3) is 5.84. The van der Waals surface area contributed by atoms with Gasteiger partial charge in [-0.1, -0.05) is 183 Å². The largest absolute Gasteiger partial charge is 0.292 e. The summed E-state index contributed by atoms with van der Waals surface area (Å²) in [4.78, 5) is 5.16. The predicted octanol–water partition coefficient (Wildman–Crippen LogP) is 15.8. The number of aromatic nitrogens is 2. The number of imidazole rings is 1. The van der Waals surface area contributed by atoms with Gasteiger partial charge in [-0.3, -0.25) is 4.40 Å². The van der Waals surface area contributed by atoms with Crippen LogP contribution in [0.1, 0.15) is 11.1 Å². The number of benzene rings is 9. The Labute approximate surface area is 349 Å². The molecule has 0 aliphatic rings. The maximum absolute atomic E-state index is 5.16. The molecule has 0 N–H and O–H groups in total. The molecular weight excluding hydrogens is 725 g/mol. The predicted molar refractivity (Wildman–Crippen MR) is 256 cm³/mol. The zero-order chi connectivity index (χ0) is 40.2. The van der Waals surface area contributed by atoms with E-state index >= 15 is 0 Å². The van der Waals surface area contributed by atoms with Crippen LogP contribution in [-0.2, 0) is 0 Å². The summed E-state index contributed by atoms with van der Waals surface area (Å²) < 4.78 is 2.31. The second-order valence-corrected chi connectivity index (χ2v) is 15.6. The van der Waals surface area contributed by atoms with Gasteiger partial charge in [-0.05, 0) is 126 Å². The molecule has 2 heterocycles. The standard InChI is InChI=1S/C58H40N2/c1-3-4-19-47-38(2)56(43-28-24-41(25-29-43)39-15-7-5-8-16-39)52-37-46(32-34-49(52)57(47)44-30-26-42(27-31-44)40-17-9-6-10-18-40)45-33-35-50-51(36-45)48-20-11-13-22-54(48)60-55-23-14-12-21-53(55)59-58(50)60/h3-37H,1H2,2H3/b19-4-. The van der Waals surface area contributed by atoms with Crippen molar-refractivity contribution in [3.05, 3.63) is 224 Å². The zero-order valence-electron chi connectivity index (χ0n) is 33.3.